The number of rotatable bonds is 5. The number of fused-ring (bicyclic) bond motifs is 1. The monoisotopic (exact) mass is 427 g/mol. The van der Waals surface area contributed by atoms with Crippen LogP contribution < -0.4 is 5.32 Å². The number of hydrogen-bond donors (Lipinski definition) is 1. The van der Waals surface area contributed by atoms with E-state index in [2.05, 4.69) is 25.5 Å². The van der Waals surface area contributed by atoms with Gasteiger partial charge >= 0.3 is 0 Å². The van der Waals surface area contributed by atoms with Crippen LogP contribution in [0.3, 0.4) is 0 Å². The van der Waals surface area contributed by atoms with E-state index >= 15 is 0 Å². The number of carbonyl (C=O) groups is 1. The van der Waals surface area contributed by atoms with Crippen LogP contribution in [0.5, 0.6) is 0 Å². The maximum absolute atomic E-state index is 13.4. The lowest BCUT2D eigenvalue weighted by Gasteiger charge is -2.05. The van der Waals surface area contributed by atoms with E-state index in [0.29, 0.717) is 17.8 Å². The summed E-state index contributed by atoms with van der Waals surface area (Å²) < 4.78 is 16.5. The van der Waals surface area contributed by atoms with Crippen molar-refractivity contribution in [3.05, 3.63) is 95.8 Å². The van der Waals surface area contributed by atoms with Gasteiger partial charge in [0.05, 0.1) is 18.4 Å². The van der Waals surface area contributed by atoms with Crippen LogP contribution in [0.2, 0.25) is 0 Å². The Kier molecular flexibility index (Phi) is 4.91. The summed E-state index contributed by atoms with van der Waals surface area (Å²) >= 11 is 0. The Hall–Kier alpha value is -4.40. The summed E-state index contributed by atoms with van der Waals surface area (Å²) in [5.41, 5.74) is 4.43. The zero-order valence-electron chi connectivity index (χ0n) is 17.1. The topological polar surface area (TPSA) is 90.0 Å². The van der Waals surface area contributed by atoms with E-state index in [9.17, 15) is 9.18 Å². The molecular weight excluding hydrogens is 409 g/mol. The number of hydrogen-bond acceptors (Lipinski definition) is 5. The number of aromatic nitrogens is 6. The normalized spacial score (nSPS) is 11.1. The average molecular weight is 427 g/mol. The van der Waals surface area contributed by atoms with Crippen molar-refractivity contribution in [1.29, 1.82) is 0 Å². The summed E-state index contributed by atoms with van der Waals surface area (Å²) in [6.07, 6.45) is 4.60. The Morgan fingerprint density at radius 3 is 2.75 bits per heavy atom. The van der Waals surface area contributed by atoms with Gasteiger partial charge in [-0.1, -0.05) is 42.0 Å². The highest BCUT2D eigenvalue weighted by Crippen LogP contribution is 2.21. The Morgan fingerprint density at radius 1 is 1.09 bits per heavy atom. The molecule has 32 heavy (non-hydrogen) atoms. The van der Waals surface area contributed by atoms with Crippen LogP contribution in [-0.4, -0.2) is 35.3 Å². The van der Waals surface area contributed by atoms with Crippen molar-refractivity contribution in [2.75, 3.05) is 5.32 Å². The summed E-state index contributed by atoms with van der Waals surface area (Å²) in [5, 5.41) is 11.3. The smallest absolute Gasteiger partial charge is 0.263 e. The molecule has 5 rings (SSSR count). The van der Waals surface area contributed by atoms with Crippen LogP contribution >= 0.6 is 0 Å². The summed E-state index contributed by atoms with van der Waals surface area (Å²) in [7, 11) is 0. The molecule has 0 aliphatic heterocycles. The van der Waals surface area contributed by atoms with Gasteiger partial charge in [-0.15, -0.1) is 5.10 Å². The largest absolute Gasteiger partial charge is 0.289 e. The highest BCUT2D eigenvalue weighted by atomic mass is 19.1. The molecule has 0 fully saturated rings. The zero-order chi connectivity index (χ0) is 22.1. The highest BCUT2D eigenvalue weighted by molar-refractivity contribution is 6.07. The van der Waals surface area contributed by atoms with E-state index in [1.807, 2.05) is 37.3 Å². The fourth-order valence-electron chi connectivity index (χ4n) is 3.41. The third-order valence-electron chi connectivity index (χ3n) is 4.99. The molecule has 0 atom stereocenters. The molecule has 1 N–H and O–H groups in total. The molecule has 158 valence electrons. The highest BCUT2D eigenvalue weighted by Gasteiger charge is 2.17. The number of anilines is 1. The maximum atomic E-state index is 13.4. The molecule has 0 saturated carbocycles. The molecule has 2 aromatic carbocycles. The second-order valence-electron chi connectivity index (χ2n) is 7.34. The van der Waals surface area contributed by atoms with Gasteiger partial charge in [-0.25, -0.2) is 23.6 Å². The van der Waals surface area contributed by atoms with Crippen molar-refractivity contribution in [3.63, 3.8) is 0 Å². The molecule has 3 heterocycles. The van der Waals surface area contributed by atoms with Gasteiger partial charge in [-0.05, 0) is 30.7 Å². The van der Waals surface area contributed by atoms with Gasteiger partial charge in [0, 0.05) is 11.8 Å². The number of carbonyl (C=O) groups excluding carboxylic acids is 1. The molecule has 0 saturated heterocycles. The summed E-state index contributed by atoms with van der Waals surface area (Å²) in [6.45, 7) is 2.36. The average Bonchev–Trinajstić information content (AvgIpc) is 3.41. The first-order valence-corrected chi connectivity index (χ1v) is 9.92. The van der Waals surface area contributed by atoms with E-state index < -0.39 is 5.91 Å². The van der Waals surface area contributed by atoms with Gasteiger partial charge in [-0.3, -0.25) is 10.1 Å². The number of nitrogens with zero attached hydrogens (tertiary/aromatic N) is 6. The van der Waals surface area contributed by atoms with E-state index in [0.717, 1.165) is 22.4 Å². The van der Waals surface area contributed by atoms with Crippen molar-refractivity contribution in [3.8, 4) is 11.3 Å². The quantitative estimate of drug-likeness (QED) is 0.462. The van der Waals surface area contributed by atoms with E-state index in [-0.39, 0.29) is 11.8 Å². The number of benzene rings is 2. The SMILES string of the molecule is Cc1ccc(-c2ccnc3c(C(=O)Nc4ncn(Cc5cccc(F)c5)n4)cnn23)cc1. The predicted octanol–water partition coefficient (Wildman–Crippen LogP) is 3.74. The van der Waals surface area contributed by atoms with Crippen LogP contribution in [0.15, 0.2) is 73.3 Å². The minimum Gasteiger partial charge on any atom is -0.289 e. The predicted molar refractivity (Wildman–Crippen MR) is 117 cm³/mol. The third-order valence-corrected chi connectivity index (χ3v) is 4.99. The molecule has 1 amide bonds. The van der Waals surface area contributed by atoms with E-state index in [4.69, 9.17) is 0 Å². The molecule has 0 aliphatic rings. The van der Waals surface area contributed by atoms with Gasteiger partial charge in [0.2, 0.25) is 5.95 Å². The minimum atomic E-state index is -0.419. The molecule has 0 aliphatic carbocycles. The van der Waals surface area contributed by atoms with Gasteiger partial charge in [-0.2, -0.15) is 5.10 Å². The second-order valence-corrected chi connectivity index (χ2v) is 7.34. The van der Waals surface area contributed by atoms with Gasteiger partial charge in [0.1, 0.15) is 17.7 Å². The van der Waals surface area contributed by atoms with Crippen LogP contribution in [0.25, 0.3) is 16.9 Å². The van der Waals surface area contributed by atoms with Crippen molar-refractivity contribution in [2.45, 2.75) is 13.5 Å². The lowest BCUT2D eigenvalue weighted by molar-refractivity contribution is 0.102. The van der Waals surface area contributed by atoms with Gasteiger partial charge in [0.25, 0.3) is 5.91 Å². The lowest BCUT2D eigenvalue weighted by atomic mass is 10.1. The molecule has 0 radical (unpaired) electrons. The Labute approximate surface area is 182 Å². The molecule has 0 spiro atoms. The molecule has 0 bridgehead atoms. The molecule has 9 heteroatoms. The number of amides is 1. The van der Waals surface area contributed by atoms with Gasteiger partial charge < -0.3 is 0 Å². The fraction of sp³-hybridized carbons (Fsp3) is 0.0870. The van der Waals surface area contributed by atoms with Crippen molar-refractivity contribution >= 4 is 17.5 Å². The Balaban J connectivity index is 1.37. The Morgan fingerprint density at radius 2 is 1.94 bits per heavy atom. The fourth-order valence-corrected chi connectivity index (χ4v) is 3.41. The standard InChI is InChI=1S/C23H18FN7O/c1-15-5-7-17(8-6-15)20-9-10-25-21-19(12-27-31(20)21)22(32)28-23-26-14-30(29-23)13-16-3-2-4-18(24)11-16/h2-12,14H,13H2,1H3,(H,28,29,32). The summed E-state index contributed by atoms with van der Waals surface area (Å²) in [6, 6.07) is 16.1. The first-order valence-electron chi connectivity index (χ1n) is 9.92. The van der Waals surface area contributed by atoms with Crippen molar-refractivity contribution in [1.82, 2.24) is 29.4 Å². The first-order chi connectivity index (χ1) is 15.6. The van der Waals surface area contributed by atoms with Gasteiger partial charge in [0.15, 0.2) is 5.65 Å². The van der Waals surface area contributed by atoms with E-state index in [1.54, 1.807) is 22.8 Å². The molecule has 5 aromatic rings. The molecule has 8 nitrogen and oxygen atoms in total. The third kappa shape index (κ3) is 3.83. The number of aryl methyl sites for hydroxylation is 1. The van der Waals surface area contributed by atoms with Crippen LogP contribution in [0.1, 0.15) is 21.5 Å². The zero-order valence-corrected chi connectivity index (χ0v) is 17.1. The molecular formula is C23H18FN7O. The van der Waals surface area contributed by atoms with Crippen molar-refractivity contribution in [2.24, 2.45) is 0 Å². The van der Waals surface area contributed by atoms with Crippen LogP contribution in [-0.2, 0) is 6.54 Å². The Bertz CT molecular complexity index is 1420. The maximum Gasteiger partial charge on any atom is 0.263 e. The van der Waals surface area contributed by atoms with E-state index in [1.165, 1.54) is 29.3 Å². The summed E-state index contributed by atoms with van der Waals surface area (Å²) in [4.78, 5) is 21.3. The molecule has 0 unspecified atom stereocenters. The first kappa shape index (κ1) is 19.6. The minimum absolute atomic E-state index is 0.139. The number of nitrogens with one attached hydrogen (secondary N) is 1. The lowest BCUT2D eigenvalue weighted by Crippen LogP contribution is -2.14. The second kappa shape index (κ2) is 8.03. The summed E-state index contributed by atoms with van der Waals surface area (Å²) in [5.74, 6) is -0.598. The van der Waals surface area contributed by atoms with Crippen LogP contribution in [0.4, 0.5) is 10.3 Å². The van der Waals surface area contributed by atoms with Crippen molar-refractivity contribution < 1.29 is 9.18 Å². The molecule has 3 aromatic heterocycles. The van der Waals surface area contributed by atoms with Crippen LogP contribution in [0, 0.1) is 12.7 Å². The number of halogens is 1.